The molecule has 3 N–H and O–H groups in total. The molecule has 36 heavy (non-hydrogen) atoms. The molecule has 0 aliphatic carbocycles. The fourth-order valence-corrected chi connectivity index (χ4v) is 5.69. The first-order chi connectivity index (χ1) is 16.9. The number of nitrogens with two attached hydrogens (primary N) is 1. The molecule has 1 saturated heterocycles. The van der Waals surface area contributed by atoms with Gasteiger partial charge < -0.3 is 9.47 Å². The second kappa shape index (κ2) is 9.16. The molecule has 0 spiro atoms. The minimum atomic E-state index is -1.83. The zero-order valence-corrected chi connectivity index (χ0v) is 22.5. The first kappa shape index (κ1) is 25.6. The Hall–Kier alpha value is -3.53. The van der Waals surface area contributed by atoms with Gasteiger partial charge in [0.15, 0.2) is 5.54 Å². The minimum absolute atomic E-state index is 0.340. The molecule has 9 heteroatoms. The molecule has 0 saturated carbocycles. The van der Waals surface area contributed by atoms with Crippen LogP contribution in [-0.2, 0) is 19.9 Å². The largest absolute Gasteiger partial charge is 0.495 e. The summed E-state index contributed by atoms with van der Waals surface area (Å²) in [4.78, 5) is 31.4. The Morgan fingerprint density at radius 3 is 2.33 bits per heavy atom. The van der Waals surface area contributed by atoms with Crippen LogP contribution >= 0.6 is 0 Å². The van der Waals surface area contributed by atoms with Gasteiger partial charge in [-0.1, -0.05) is 67.3 Å². The number of amides is 1. The van der Waals surface area contributed by atoms with Gasteiger partial charge in [0, 0.05) is 25.7 Å². The van der Waals surface area contributed by atoms with Gasteiger partial charge in [-0.15, -0.1) is 0 Å². The normalized spacial score (nSPS) is 22.0. The highest BCUT2D eigenvalue weighted by Gasteiger charge is 2.60. The lowest BCUT2D eigenvalue weighted by atomic mass is 9.81. The summed E-state index contributed by atoms with van der Waals surface area (Å²) in [7, 11) is 1.54. The van der Waals surface area contributed by atoms with E-state index in [1.807, 2.05) is 42.5 Å². The van der Waals surface area contributed by atoms with Crippen molar-refractivity contribution in [1.29, 1.82) is 0 Å². The Morgan fingerprint density at radius 2 is 1.72 bits per heavy atom. The summed E-state index contributed by atoms with van der Waals surface area (Å²) in [5, 5.41) is 4.45. The van der Waals surface area contributed by atoms with Gasteiger partial charge in [-0.2, -0.15) is 0 Å². The van der Waals surface area contributed by atoms with Crippen molar-refractivity contribution in [3.63, 3.8) is 0 Å². The number of hydrogen-bond acceptors (Lipinski definition) is 7. The van der Waals surface area contributed by atoms with Crippen LogP contribution in [0.5, 0.6) is 5.75 Å². The molecule has 0 radical (unpaired) electrons. The van der Waals surface area contributed by atoms with E-state index in [2.05, 4.69) is 42.1 Å². The number of likely N-dealkylation sites (N-methyl/N-ethyl adjacent to an activating group) is 1. The number of hydrogen-bond donors (Lipinski definition) is 2. The third kappa shape index (κ3) is 4.41. The molecule has 2 aromatic carbocycles. The SMILES string of the molecule is COc1cncc(-c2cccc(C3(c4ccc([Si](C)(C)C)cc4)NC(N)(OC(C)=O)N(C)C3=O)c2)c1. The van der Waals surface area contributed by atoms with Gasteiger partial charge in [0.1, 0.15) is 5.75 Å². The quantitative estimate of drug-likeness (QED) is 0.302. The van der Waals surface area contributed by atoms with E-state index < -0.39 is 25.6 Å². The first-order valence-electron chi connectivity index (χ1n) is 11.7. The fourth-order valence-electron chi connectivity index (χ4n) is 4.52. The van der Waals surface area contributed by atoms with Crippen LogP contribution in [0.4, 0.5) is 0 Å². The highest BCUT2D eigenvalue weighted by atomic mass is 28.3. The Bertz CT molecular complexity index is 1310. The number of carbonyl (C=O) groups is 2. The van der Waals surface area contributed by atoms with Gasteiger partial charge >= 0.3 is 11.9 Å². The average Bonchev–Trinajstić information content (AvgIpc) is 3.05. The molecule has 3 aromatic rings. The number of methoxy groups -OCH3 is 1. The molecule has 1 amide bonds. The van der Waals surface area contributed by atoms with E-state index in [4.69, 9.17) is 15.2 Å². The minimum Gasteiger partial charge on any atom is -0.495 e. The highest BCUT2D eigenvalue weighted by Crippen LogP contribution is 2.40. The zero-order valence-electron chi connectivity index (χ0n) is 21.5. The first-order valence-corrected chi connectivity index (χ1v) is 15.2. The van der Waals surface area contributed by atoms with Crippen LogP contribution in [0.15, 0.2) is 67.0 Å². The number of aromatic nitrogens is 1. The van der Waals surface area contributed by atoms with Crippen LogP contribution < -0.4 is 21.0 Å². The summed E-state index contributed by atoms with van der Waals surface area (Å²) in [5.41, 5.74) is 8.10. The van der Waals surface area contributed by atoms with Crippen molar-refractivity contribution in [3.05, 3.63) is 78.1 Å². The standard InChI is InChI=1S/C27H32N4O4Si/c1-18(32)35-27(28)30-26(25(33)31(27)2,21-10-12-24(13-11-21)36(4,5)6)22-9-7-8-19(14-22)20-15-23(34-3)17-29-16-20/h7-17,30H,28H2,1-6H3. The third-order valence-electron chi connectivity index (χ3n) is 6.55. The average molecular weight is 505 g/mol. The lowest BCUT2D eigenvalue weighted by Gasteiger charge is -2.32. The van der Waals surface area contributed by atoms with Gasteiger partial charge in [-0.05, 0) is 28.8 Å². The van der Waals surface area contributed by atoms with Crippen LogP contribution in [0, 0.1) is 0 Å². The molecule has 1 aliphatic rings. The molecular weight excluding hydrogens is 472 g/mol. The molecule has 1 aromatic heterocycles. The molecule has 4 rings (SSSR count). The van der Waals surface area contributed by atoms with Crippen LogP contribution in [0.25, 0.3) is 11.1 Å². The number of nitrogens with one attached hydrogen (secondary N) is 1. The Labute approximate surface area is 212 Å². The summed E-state index contributed by atoms with van der Waals surface area (Å²) in [5.74, 6) is -2.15. The number of rotatable bonds is 6. The Kier molecular flexibility index (Phi) is 6.50. The summed E-state index contributed by atoms with van der Waals surface area (Å²) < 4.78 is 10.7. The summed E-state index contributed by atoms with van der Waals surface area (Å²) >= 11 is 0. The highest BCUT2D eigenvalue weighted by molar-refractivity contribution is 6.88. The number of ether oxygens (including phenoxy) is 2. The smallest absolute Gasteiger partial charge is 0.307 e. The van der Waals surface area contributed by atoms with Crippen molar-refractivity contribution >= 4 is 25.1 Å². The van der Waals surface area contributed by atoms with Crippen LogP contribution in [0.1, 0.15) is 18.1 Å². The molecule has 188 valence electrons. The van der Waals surface area contributed by atoms with Crippen molar-refractivity contribution < 1.29 is 19.1 Å². The molecule has 2 unspecified atom stereocenters. The van der Waals surface area contributed by atoms with E-state index in [0.717, 1.165) is 11.1 Å². The lowest BCUT2D eigenvalue weighted by Crippen LogP contribution is -2.63. The predicted molar refractivity (Wildman–Crippen MR) is 141 cm³/mol. The van der Waals surface area contributed by atoms with Crippen molar-refractivity contribution in [2.75, 3.05) is 14.2 Å². The summed E-state index contributed by atoms with van der Waals surface area (Å²) in [6, 6.07) is 17.5. The maximum absolute atomic E-state index is 14.0. The van der Waals surface area contributed by atoms with Crippen molar-refractivity contribution in [3.8, 4) is 16.9 Å². The second-order valence-corrected chi connectivity index (χ2v) is 15.1. The number of esters is 1. The fraction of sp³-hybridized carbons (Fsp3) is 0.296. The molecule has 1 fully saturated rings. The van der Waals surface area contributed by atoms with Gasteiger partial charge in [-0.3, -0.25) is 25.2 Å². The third-order valence-corrected chi connectivity index (χ3v) is 8.62. The van der Waals surface area contributed by atoms with Gasteiger partial charge in [0.05, 0.1) is 21.4 Å². The topological polar surface area (TPSA) is 107 Å². The molecule has 0 bridgehead atoms. The van der Waals surface area contributed by atoms with Gasteiger partial charge in [-0.25, -0.2) is 5.32 Å². The van der Waals surface area contributed by atoms with E-state index in [1.165, 1.54) is 24.1 Å². The van der Waals surface area contributed by atoms with E-state index >= 15 is 0 Å². The maximum atomic E-state index is 14.0. The molecule has 1 aliphatic heterocycles. The van der Waals surface area contributed by atoms with E-state index in [9.17, 15) is 9.59 Å². The van der Waals surface area contributed by atoms with E-state index in [-0.39, 0.29) is 5.91 Å². The number of pyridine rings is 1. The predicted octanol–water partition coefficient (Wildman–Crippen LogP) is 2.74. The zero-order chi connectivity index (χ0) is 26.3. The Balaban J connectivity index is 1.92. The number of carbonyl (C=O) groups excluding carboxylic acids is 2. The monoisotopic (exact) mass is 504 g/mol. The lowest BCUT2D eigenvalue weighted by molar-refractivity contribution is -0.180. The van der Waals surface area contributed by atoms with Crippen molar-refractivity contribution in [2.45, 2.75) is 38.1 Å². The molecule has 2 heterocycles. The van der Waals surface area contributed by atoms with Crippen LogP contribution in [0.3, 0.4) is 0 Å². The Morgan fingerprint density at radius 1 is 1.03 bits per heavy atom. The van der Waals surface area contributed by atoms with Crippen molar-refractivity contribution in [2.24, 2.45) is 5.73 Å². The van der Waals surface area contributed by atoms with Crippen molar-refractivity contribution in [1.82, 2.24) is 15.2 Å². The molecule has 2 atom stereocenters. The summed E-state index contributed by atoms with van der Waals surface area (Å²) in [6.07, 6.45) is 3.37. The number of nitrogens with zero attached hydrogens (tertiary/aromatic N) is 2. The second-order valence-electron chi connectivity index (χ2n) is 10.1. The maximum Gasteiger partial charge on any atom is 0.307 e. The van der Waals surface area contributed by atoms with Crippen LogP contribution in [0.2, 0.25) is 19.6 Å². The number of benzene rings is 2. The molecular formula is C27H32N4O4Si. The summed E-state index contributed by atoms with van der Waals surface area (Å²) in [6.45, 7) is 8.05. The van der Waals surface area contributed by atoms with E-state index in [1.54, 1.807) is 19.5 Å². The van der Waals surface area contributed by atoms with Gasteiger partial charge in [0.2, 0.25) is 0 Å². The van der Waals surface area contributed by atoms with E-state index in [0.29, 0.717) is 16.9 Å². The molecule has 8 nitrogen and oxygen atoms in total. The van der Waals surface area contributed by atoms with Gasteiger partial charge in [0.25, 0.3) is 5.91 Å². The van der Waals surface area contributed by atoms with Crippen LogP contribution in [-0.4, -0.2) is 50.0 Å².